The number of nitrogens with one attached hydrogen (secondary N) is 1. The minimum Gasteiger partial charge on any atom is -0.330 e. The second-order valence-corrected chi connectivity index (χ2v) is 10.7. The summed E-state index contributed by atoms with van der Waals surface area (Å²) >= 11 is 0. The van der Waals surface area contributed by atoms with Crippen molar-refractivity contribution in [2.45, 2.75) is 64.0 Å². The van der Waals surface area contributed by atoms with E-state index in [1.165, 1.54) is 19.3 Å². The second kappa shape index (κ2) is 7.75. The third-order valence-corrected chi connectivity index (χ3v) is 8.41. The molecule has 1 unspecified atom stereocenters. The van der Waals surface area contributed by atoms with Gasteiger partial charge in [0.2, 0.25) is 11.8 Å². The Bertz CT molecular complexity index is 979. The van der Waals surface area contributed by atoms with E-state index in [-0.39, 0.29) is 23.3 Å². The molecular weight excluding hydrogens is 400 g/mol. The van der Waals surface area contributed by atoms with Crippen molar-refractivity contribution < 1.29 is 9.59 Å². The summed E-state index contributed by atoms with van der Waals surface area (Å²) in [4.78, 5) is 29.0. The summed E-state index contributed by atoms with van der Waals surface area (Å²) in [6, 6.07) is 9.48. The van der Waals surface area contributed by atoms with Gasteiger partial charge in [0, 0.05) is 24.6 Å². The van der Waals surface area contributed by atoms with Crippen molar-refractivity contribution in [3.8, 4) is 0 Å². The third kappa shape index (κ3) is 3.54. The van der Waals surface area contributed by atoms with E-state index >= 15 is 0 Å². The van der Waals surface area contributed by atoms with Crippen LogP contribution >= 0.6 is 0 Å². The maximum absolute atomic E-state index is 13.8. The van der Waals surface area contributed by atoms with Gasteiger partial charge in [-0.1, -0.05) is 12.1 Å². The Kier molecular flexibility index (Phi) is 4.85. The summed E-state index contributed by atoms with van der Waals surface area (Å²) in [5.74, 6) is 2.44. The zero-order valence-electron chi connectivity index (χ0n) is 18.6. The highest BCUT2D eigenvalue weighted by Crippen LogP contribution is 2.60. The van der Waals surface area contributed by atoms with Gasteiger partial charge >= 0.3 is 0 Å². The van der Waals surface area contributed by atoms with Crippen molar-refractivity contribution in [1.29, 1.82) is 0 Å². The average Bonchev–Trinajstić information content (AvgIpc) is 3.44. The first-order chi connectivity index (χ1) is 15.6. The number of benzene rings is 1. The van der Waals surface area contributed by atoms with E-state index in [0.29, 0.717) is 6.54 Å². The number of likely N-dealkylation sites (tertiary alicyclic amines) is 1. The topological polar surface area (TPSA) is 67.2 Å². The molecule has 1 N–H and O–H groups in total. The number of anilines is 1. The zero-order valence-corrected chi connectivity index (χ0v) is 18.6. The predicted octanol–water partition coefficient (Wildman–Crippen LogP) is 4.08. The van der Waals surface area contributed by atoms with Gasteiger partial charge in [0.25, 0.3) is 0 Å². The number of nitrogens with zero attached hydrogens (tertiary/aromatic N) is 3. The molecule has 1 aliphatic heterocycles. The minimum atomic E-state index is -0.342. The van der Waals surface area contributed by atoms with Crippen LogP contribution in [0, 0.1) is 23.2 Å². The molecule has 4 saturated carbocycles. The van der Waals surface area contributed by atoms with E-state index < -0.39 is 0 Å². The summed E-state index contributed by atoms with van der Waals surface area (Å²) < 4.78 is 1.86. The summed E-state index contributed by atoms with van der Waals surface area (Å²) in [5, 5.41) is 7.36. The summed E-state index contributed by atoms with van der Waals surface area (Å²) in [7, 11) is 0. The molecule has 1 aromatic carbocycles. The largest absolute Gasteiger partial charge is 0.330 e. The number of amides is 2. The second-order valence-electron chi connectivity index (χ2n) is 10.7. The van der Waals surface area contributed by atoms with Crippen LogP contribution in [0.2, 0.25) is 0 Å². The van der Waals surface area contributed by atoms with E-state index in [1.807, 2.05) is 46.1 Å². The molecule has 0 radical (unpaired) electrons. The lowest BCUT2D eigenvalue weighted by Gasteiger charge is -2.56. The van der Waals surface area contributed by atoms with Crippen LogP contribution < -0.4 is 5.32 Å². The standard InChI is InChI=1S/C26H32N4O2/c31-24(28-22-5-1-4-18(13-22)17-29-8-3-7-27-29)23-6-2-9-30(23)25(32)26-14-19-10-20(15-26)12-21(11-19)16-26/h1,3-5,7-8,13,19-21,23H,2,6,9-12,14-17H2,(H,28,31). The van der Waals surface area contributed by atoms with Crippen LogP contribution in [0.25, 0.3) is 0 Å². The molecule has 7 rings (SSSR count). The molecule has 1 atom stereocenters. The molecule has 2 aromatic rings. The zero-order chi connectivity index (χ0) is 21.7. The lowest BCUT2D eigenvalue weighted by atomic mass is 9.49. The van der Waals surface area contributed by atoms with Crippen molar-refractivity contribution in [2.24, 2.45) is 23.2 Å². The van der Waals surface area contributed by atoms with Crippen molar-refractivity contribution >= 4 is 17.5 Å². The molecule has 6 heteroatoms. The Morgan fingerprint density at radius 1 is 1.06 bits per heavy atom. The van der Waals surface area contributed by atoms with Crippen LogP contribution in [0.3, 0.4) is 0 Å². The van der Waals surface area contributed by atoms with Crippen LogP contribution in [0.15, 0.2) is 42.7 Å². The predicted molar refractivity (Wildman–Crippen MR) is 122 cm³/mol. The number of carbonyl (C=O) groups excluding carboxylic acids is 2. The number of rotatable bonds is 5. The van der Waals surface area contributed by atoms with E-state index in [0.717, 1.165) is 67.7 Å². The number of carbonyl (C=O) groups is 2. The quantitative estimate of drug-likeness (QED) is 0.774. The first-order valence-corrected chi connectivity index (χ1v) is 12.3. The Labute approximate surface area is 189 Å². The Hall–Kier alpha value is -2.63. The van der Waals surface area contributed by atoms with E-state index in [4.69, 9.17) is 0 Å². The highest BCUT2D eigenvalue weighted by Gasteiger charge is 2.56. The summed E-state index contributed by atoms with van der Waals surface area (Å²) in [6.07, 6.45) is 12.5. The highest BCUT2D eigenvalue weighted by atomic mass is 16.2. The molecular formula is C26H32N4O2. The monoisotopic (exact) mass is 432 g/mol. The Morgan fingerprint density at radius 3 is 2.50 bits per heavy atom. The molecule has 5 fully saturated rings. The normalized spacial score (nSPS) is 32.9. The average molecular weight is 433 g/mol. The number of hydrogen-bond donors (Lipinski definition) is 1. The van der Waals surface area contributed by atoms with Gasteiger partial charge in [-0.25, -0.2) is 0 Å². The fourth-order valence-corrected chi connectivity index (χ4v) is 7.51. The molecule has 2 heterocycles. The van der Waals surface area contributed by atoms with Gasteiger partial charge in [-0.3, -0.25) is 14.3 Å². The van der Waals surface area contributed by atoms with E-state index in [9.17, 15) is 9.59 Å². The van der Waals surface area contributed by atoms with Crippen molar-refractivity contribution in [3.63, 3.8) is 0 Å². The first-order valence-electron chi connectivity index (χ1n) is 12.3. The van der Waals surface area contributed by atoms with E-state index in [2.05, 4.69) is 10.4 Å². The van der Waals surface area contributed by atoms with Crippen LogP contribution in [0.4, 0.5) is 5.69 Å². The van der Waals surface area contributed by atoms with Gasteiger partial charge in [0.1, 0.15) is 6.04 Å². The molecule has 4 aliphatic carbocycles. The molecule has 2 amide bonds. The van der Waals surface area contributed by atoms with Crippen LogP contribution in [-0.2, 0) is 16.1 Å². The fourth-order valence-electron chi connectivity index (χ4n) is 7.51. The van der Waals surface area contributed by atoms with Gasteiger partial charge < -0.3 is 10.2 Å². The smallest absolute Gasteiger partial charge is 0.247 e. The van der Waals surface area contributed by atoms with Gasteiger partial charge in [-0.05, 0) is 92.9 Å². The van der Waals surface area contributed by atoms with Crippen LogP contribution in [-0.4, -0.2) is 39.1 Å². The van der Waals surface area contributed by atoms with Gasteiger partial charge in [0.05, 0.1) is 12.0 Å². The number of aromatic nitrogens is 2. The third-order valence-electron chi connectivity index (χ3n) is 8.41. The molecule has 1 saturated heterocycles. The molecule has 5 aliphatic rings. The van der Waals surface area contributed by atoms with Gasteiger partial charge in [-0.2, -0.15) is 5.10 Å². The van der Waals surface area contributed by atoms with Crippen molar-refractivity contribution in [1.82, 2.24) is 14.7 Å². The molecule has 1 aromatic heterocycles. The molecule has 6 nitrogen and oxygen atoms in total. The van der Waals surface area contributed by atoms with Gasteiger partial charge in [0.15, 0.2) is 0 Å². The van der Waals surface area contributed by atoms with Crippen molar-refractivity contribution in [2.75, 3.05) is 11.9 Å². The van der Waals surface area contributed by atoms with E-state index in [1.54, 1.807) is 6.20 Å². The maximum atomic E-state index is 13.8. The SMILES string of the molecule is O=C(Nc1cccc(Cn2cccn2)c1)C1CCCN1C(=O)C12CC3CC(CC(C3)C1)C2. The molecule has 32 heavy (non-hydrogen) atoms. The van der Waals surface area contributed by atoms with Crippen LogP contribution in [0.5, 0.6) is 0 Å². The highest BCUT2D eigenvalue weighted by molar-refractivity contribution is 5.98. The van der Waals surface area contributed by atoms with Gasteiger partial charge in [-0.15, -0.1) is 0 Å². The Morgan fingerprint density at radius 2 is 1.81 bits per heavy atom. The molecule has 4 bridgehead atoms. The fraction of sp³-hybridized carbons (Fsp3) is 0.577. The maximum Gasteiger partial charge on any atom is 0.247 e. The van der Waals surface area contributed by atoms with Crippen LogP contribution in [0.1, 0.15) is 56.9 Å². The first kappa shape index (κ1) is 20.0. The molecule has 168 valence electrons. The summed E-state index contributed by atoms with van der Waals surface area (Å²) in [6.45, 7) is 1.38. The lowest BCUT2D eigenvalue weighted by molar-refractivity contribution is -0.160. The number of hydrogen-bond acceptors (Lipinski definition) is 3. The minimum absolute atomic E-state index is 0.0446. The Balaban J connectivity index is 1.16. The molecule has 0 spiro atoms. The lowest BCUT2D eigenvalue weighted by Crippen LogP contribution is -2.56. The summed E-state index contributed by atoms with van der Waals surface area (Å²) in [5.41, 5.74) is 1.69. The van der Waals surface area contributed by atoms with Crippen molar-refractivity contribution in [3.05, 3.63) is 48.3 Å².